The van der Waals surface area contributed by atoms with Gasteiger partial charge in [-0.05, 0) is 117 Å². The standard InChI is InChI=1S/C45H83NO4/c1-6-9-12-14-16-17-18-19-20-21-22-23-24-25-27-30-36-43(50-44(47)38-33-39-46(4)5)37-31-32-40-49-45(48)41-42(34-28-11-8-3)35-29-26-15-13-10-7-2/h16-17,19-20,41,43H,6-15,18,21-40H2,1-5H3/b17-16-,20-19-,42-41+. The van der Waals surface area contributed by atoms with Crippen molar-refractivity contribution < 1.29 is 19.1 Å². The minimum atomic E-state index is -0.187. The maximum absolute atomic E-state index is 12.7. The van der Waals surface area contributed by atoms with Crippen LogP contribution in [-0.2, 0) is 19.1 Å². The van der Waals surface area contributed by atoms with Crippen LogP contribution in [0.5, 0.6) is 0 Å². The van der Waals surface area contributed by atoms with Crippen LogP contribution in [0.1, 0.15) is 207 Å². The number of esters is 2. The first-order valence-corrected chi connectivity index (χ1v) is 21.4. The molecular weight excluding hydrogens is 618 g/mol. The lowest BCUT2D eigenvalue weighted by Crippen LogP contribution is -2.20. The van der Waals surface area contributed by atoms with E-state index in [9.17, 15) is 9.59 Å². The maximum Gasteiger partial charge on any atom is 0.330 e. The Hall–Kier alpha value is -1.88. The van der Waals surface area contributed by atoms with Crippen molar-refractivity contribution in [3.8, 4) is 0 Å². The Morgan fingerprint density at radius 2 is 1.06 bits per heavy atom. The molecule has 0 fully saturated rings. The van der Waals surface area contributed by atoms with Crippen LogP contribution in [0.2, 0.25) is 0 Å². The number of rotatable bonds is 37. The monoisotopic (exact) mass is 702 g/mol. The molecule has 0 radical (unpaired) electrons. The molecule has 0 aromatic rings. The van der Waals surface area contributed by atoms with Crippen molar-refractivity contribution in [3.63, 3.8) is 0 Å². The van der Waals surface area contributed by atoms with Gasteiger partial charge in [0.15, 0.2) is 0 Å². The van der Waals surface area contributed by atoms with Gasteiger partial charge in [-0.15, -0.1) is 0 Å². The summed E-state index contributed by atoms with van der Waals surface area (Å²) in [7, 11) is 4.07. The molecule has 0 aromatic carbocycles. The average Bonchev–Trinajstić information content (AvgIpc) is 3.09. The van der Waals surface area contributed by atoms with Gasteiger partial charge in [0.05, 0.1) is 6.61 Å². The molecule has 5 nitrogen and oxygen atoms in total. The molecule has 0 N–H and O–H groups in total. The van der Waals surface area contributed by atoms with E-state index in [4.69, 9.17) is 9.47 Å². The lowest BCUT2D eigenvalue weighted by molar-refractivity contribution is -0.150. The molecule has 0 heterocycles. The van der Waals surface area contributed by atoms with Crippen molar-refractivity contribution in [2.24, 2.45) is 0 Å². The Bertz CT molecular complexity index is 846. The fourth-order valence-corrected chi connectivity index (χ4v) is 6.27. The van der Waals surface area contributed by atoms with E-state index in [0.717, 1.165) is 70.8 Å². The van der Waals surface area contributed by atoms with Gasteiger partial charge in [0.25, 0.3) is 0 Å². The van der Waals surface area contributed by atoms with Crippen molar-refractivity contribution in [2.45, 2.75) is 213 Å². The lowest BCUT2D eigenvalue weighted by atomic mass is 10.00. The van der Waals surface area contributed by atoms with Gasteiger partial charge in [-0.1, -0.05) is 134 Å². The highest BCUT2D eigenvalue weighted by Crippen LogP contribution is 2.19. The summed E-state index contributed by atoms with van der Waals surface area (Å²) in [6.45, 7) is 8.05. The van der Waals surface area contributed by atoms with Gasteiger partial charge in [0.2, 0.25) is 0 Å². The molecule has 0 saturated carbocycles. The van der Waals surface area contributed by atoms with Crippen molar-refractivity contribution in [3.05, 3.63) is 36.0 Å². The summed E-state index contributed by atoms with van der Waals surface area (Å²) >= 11 is 0. The first-order valence-electron chi connectivity index (χ1n) is 21.4. The number of unbranched alkanes of at least 4 members (excludes halogenated alkanes) is 17. The Labute approximate surface area is 311 Å². The summed E-state index contributed by atoms with van der Waals surface area (Å²) < 4.78 is 11.6. The number of hydrogen-bond acceptors (Lipinski definition) is 5. The van der Waals surface area contributed by atoms with Crippen LogP contribution in [0.3, 0.4) is 0 Å². The normalized spacial score (nSPS) is 12.8. The summed E-state index contributed by atoms with van der Waals surface area (Å²) in [5.74, 6) is -0.262. The van der Waals surface area contributed by atoms with E-state index in [0.29, 0.717) is 13.0 Å². The van der Waals surface area contributed by atoms with E-state index < -0.39 is 0 Å². The number of nitrogens with zero attached hydrogens (tertiary/aromatic N) is 1. The van der Waals surface area contributed by atoms with Crippen LogP contribution in [0, 0.1) is 0 Å². The van der Waals surface area contributed by atoms with Crippen molar-refractivity contribution in [1.82, 2.24) is 4.90 Å². The van der Waals surface area contributed by atoms with Gasteiger partial charge in [-0.2, -0.15) is 0 Å². The summed E-state index contributed by atoms with van der Waals surface area (Å²) in [6, 6.07) is 0. The van der Waals surface area contributed by atoms with E-state index in [1.165, 1.54) is 121 Å². The van der Waals surface area contributed by atoms with E-state index >= 15 is 0 Å². The quantitative estimate of drug-likeness (QED) is 0.0279. The fourth-order valence-electron chi connectivity index (χ4n) is 6.27. The van der Waals surface area contributed by atoms with Crippen LogP contribution < -0.4 is 0 Å². The zero-order chi connectivity index (χ0) is 36.8. The lowest BCUT2D eigenvalue weighted by Gasteiger charge is -2.18. The summed E-state index contributed by atoms with van der Waals surface area (Å²) in [5.41, 5.74) is 1.26. The maximum atomic E-state index is 12.7. The third kappa shape index (κ3) is 35.9. The van der Waals surface area contributed by atoms with E-state index in [-0.39, 0.29) is 18.0 Å². The summed E-state index contributed by atoms with van der Waals surface area (Å²) in [5, 5.41) is 0. The highest BCUT2D eigenvalue weighted by molar-refractivity contribution is 5.82. The molecule has 1 unspecified atom stereocenters. The zero-order valence-corrected chi connectivity index (χ0v) is 34.0. The molecule has 0 rings (SSSR count). The van der Waals surface area contributed by atoms with Gasteiger partial charge in [-0.25, -0.2) is 4.79 Å². The highest BCUT2D eigenvalue weighted by Gasteiger charge is 2.15. The van der Waals surface area contributed by atoms with Crippen LogP contribution in [0.15, 0.2) is 36.0 Å². The molecule has 292 valence electrons. The molecule has 5 heteroatoms. The number of carbonyl (C=O) groups is 2. The molecule has 0 aliphatic heterocycles. The molecule has 0 saturated heterocycles. The SMILES string of the molecule is CCCCC/C=C\C/C=C\CCCCCCCCC(CCCCOC(=O)/C=C(\CCCCC)CCCCCCCC)OC(=O)CCCN(C)C. The van der Waals surface area contributed by atoms with Gasteiger partial charge in [0.1, 0.15) is 6.10 Å². The Morgan fingerprint density at radius 1 is 0.560 bits per heavy atom. The highest BCUT2D eigenvalue weighted by atomic mass is 16.5. The van der Waals surface area contributed by atoms with Crippen molar-refractivity contribution in [1.29, 1.82) is 0 Å². The minimum Gasteiger partial charge on any atom is -0.463 e. The second kappa shape index (κ2) is 38.4. The van der Waals surface area contributed by atoms with Gasteiger partial charge in [-0.3, -0.25) is 4.79 Å². The Kier molecular flexibility index (Phi) is 36.9. The molecule has 0 aromatic heterocycles. The number of ether oxygens (including phenoxy) is 2. The largest absolute Gasteiger partial charge is 0.463 e. The molecule has 0 aliphatic carbocycles. The van der Waals surface area contributed by atoms with Crippen molar-refractivity contribution >= 4 is 11.9 Å². The summed E-state index contributed by atoms with van der Waals surface area (Å²) in [4.78, 5) is 27.4. The smallest absolute Gasteiger partial charge is 0.330 e. The van der Waals surface area contributed by atoms with Crippen LogP contribution in [0.25, 0.3) is 0 Å². The molecule has 1 atom stereocenters. The third-order valence-corrected chi connectivity index (χ3v) is 9.45. The van der Waals surface area contributed by atoms with Gasteiger partial charge >= 0.3 is 11.9 Å². The number of hydrogen-bond donors (Lipinski definition) is 0. The fraction of sp³-hybridized carbons (Fsp3) is 0.822. The van der Waals surface area contributed by atoms with Gasteiger partial charge < -0.3 is 14.4 Å². The van der Waals surface area contributed by atoms with E-state index in [2.05, 4.69) is 50.0 Å². The Morgan fingerprint density at radius 3 is 1.70 bits per heavy atom. The molecule has 0 spiro atoms. The topological polar surface area (TPSA) is 55.8 Å². The van der Waals surface area contributed by atoms with Crippen LogP contribution in [0.4, 0.5) is 0 Å². The summed E-state index contributed by atoms with van der Waals surface area (Å²) in [6.07, 6.45) is 43.8. The second-order valence-corrected chi connectivity index (χ2v) is 14.8. The Balaban J connectivity index is 4.46. The average molecular weight is 702 g/mol. The van der Waals surface area contributed by atoms with Gasteiger partial charge in [0, 0.05) is 12.5 Å². The predicted molar refractivity (Wildman–Crippen MR) is 217 cm³/mol. The zero-order valence-electron chi connectivity index (χ0n) is 34.0. The molecule has 0 bridgehead atoms. The predicted octanol–water partition coefficient (Wildman–Crippen LogP) is 13.4. The first kappa shape index (κ1) is 48.1. The second-order valence-electron chi connectivity index (χ2n) is 14.8. The first-order chi connectivity index (χ1) is 24.4. The molecule has 50 heavy (non-hydrogen) atoms. The molecule has 0 amide bonds. The van der Waals surface area contributed by atoms with Crippen LogP contribution in [-0.4, -0.2) is 50.2 Å². The van der Waals surface area contributed by atoms with E-state index in [1.807, 2.05) is 14.1 Å². The van der Waals surface area contributed by atoms with Crippen molar-refractivity contribution in [2.75, 3.05) is 27.2 Å². The molecule has 0 aliphatic rings. The third-order valence-electron chi connectivity index (χ3n) is 9.45. The van der Waals surface area contributed by atoms with Crippen LogP contribution >= 0.6 is 0 Å². The minimum absolute atomic E-state index is 0.0363. The number of allylic oxidation sites excluding steroid dienone is 5. The molecular formula is C45H83NO4. The number of carbonyl (C=O) groups excluding carboxylic acids is 2. The van der Waals surface area contributed by atoms with E-state index in [1.54, 1.807) is 6.08 Å².